The van der Waals surface area contributed by atoms with Crippen LogP contribution in [0.4, 0.5) is 5.00 Å². The summed E-state index contributed by atoms with van der Waals surface area (Å²) < 4.78 is 5.21. The van der Waals surface area contributed by atoms with Gasteiger partial charge in [0.15, 0.2) is 0 Å². The van der Waals surface area contributed by atoms with Crippen LogP contribution < -0.4 is 5.73 Å². The smallest absolute Gasteiger partial charge is 0.261 e. The molecule has 2 N–H and O–H groups in total. The first-order valence-corrected chi connectivity index (χ1v) is 6.52. The van der Waals surface area contributed by atoms with Crippen molar-refractivity contribution >= 4 is 27.7 Å². The SMILES string of the molecule is Cc1cc(-c2nc(-c3cncs3)no2)c(N)s1. The Bertz CT molecular complexity index is 641. The molecule has 3 rings (SSSR count). The van der Waals surface area contributed by atoms with Crippen LogP contribution in [0, 0.1) is 6.92 Å². The molecule has 0 aromatic carbocycles. The Morgan fingerprint density at radius 2 is 2.29 bits per heavy atom. The third kappa shape index (κ3) is 1.83. The van der Waals surface area contributed by atoms with Crippen LogP contribution in [0.15, 0.2) is 22.3 Å². The molecule has 0 atom stereocenters. The highest BCUT2D eigenvalue weighted by Crippen LogP contribution is 2.33. The lowest BCUT2D eigenvalue weighted by atomic mass is 10.3. The van der Waals surface area contributed by atoms with E-state index in [1.54, 1.807) is 11.7 Å². The molecule has 0 amide bonds. The van der Waals surface area contributed by atoms with E-state index < -0.39 is 0 Å². The first-order chi connectivity index (χ1) is 8.24. The summed E-state index contributed by atoms with van der Waals surface area (Å²) in [5.74, 6) is 1.00. The van der Waals surface area contributed by atoms with E-state index in [-0.39, 0.29) is 0 Å². The van der Waals surface area contributed by atoms with Gasteiger partial charge in [0, 0.05) is 11.1 Å². The first kappa shape index (κ1) is 10.4. The van der Waals surface area contributed by atoms with Gasteiger partial charge in [-0.25, -0.2) is 0 Å². The van der Waals surface area contributed by atoms with Gasteiger partial charge in [-0.05, 0) is 13.0 Å². The molecule has 17 heavy (non-hydrogen) atoms. The van der Waals surface area contributed by atoms with E-state index in [9.17, 15) is 0 Å². The number of nitrogens with two attached hydrogens (primary N) is 1. The molecule has 3 heterocycles. The largest absolute Gasteiger partial charge is 0.390 e. The minimum absolute atomic E-state index is 0.454. The van der Waals surface area contributed by atoms with Crippen molar-refractivity contribution in [2.24, 2.45) is 0 Å². The molecule has 0 saturated heterocycles. The maximum absolute atomic E-state index is 5.88. The van der Waals surface area contributed by atoms with Crippen LogP contribution in [0.5, 0.6) is 0 Å². The normalized spacial score (nSPS) is 10.9. The van der Waals surface area contributed by atoms with Crippen LogP contribution in [-0.2, 0) is 0 Å². The molecule has 86 valence electrons. The molecule has 0 aliphatic rings. The summed E-state index contributed by atoms with van der Waals surface area (Å²) in [7, 11) is 0. The van der Waals surface area contributed by atoms with E-state index >= 15 is 0 Å². The van der Waals surface area contributed by atoms with Crippen LogP contribution >= 0.6 is 22.7 Å². The molecule has 0 aliphatic heterocycles. The van der Waals surface area contributed by atoms with Crippen LogP contribution in [0.3, 0.4) is 0 Å². The van der Waals surface area contributed by atoms with Gasteiger partial charge >= 0.3 is 0 Å². The number of nitrogen functional groups attached to an aromatic ring is 1. The fourth-order valence-electron chi connectivity index (χ4n) is 1.46. The maximum Gasteiger partial charge on any atom is 0.261 e. The summed E-state index contributed by atoms with van der Waals surface area (Å²) in [5.41, 5.74) is 8.41. The van der Waals surface area contributed by atoms with E-state index in [0.29, 0.717) is 16.7 Å². The lowest BCUT2D eigenvalue weighted by Gasteiger charge is -1.88. The van der Waals surface area contributed by atoms with Crippen molar-refractivity contribution in [2.45, 2.75) is 6.92 Å². The van der Waals surface area contributed by atoms with Gasteiger partial charge < -0.3 is 10.3 Å². The number of hydrogen-bond donors (Lipinski definition) is 1. The van der Waals surface area contributed by atoms with Crippen molar-refractivity contribution in [3.63, 3.8) is 0 Å². The number of hydrogen-bond acceptors (Lipinski definition) is 7. The van der Waals surface area contributed by atoms with E-state index in [1.807, 2.05) is 13.0 Å². The summed E-state index contributed by atoms with van der Waals surface area (Å²) in [6, 6.07) is 1.95. The Morgan fingerprint density at radius 1 is 1.41 bits per heavy atom. The van der Waals surface area contributed by atoms with Crippen molar-refractivity contribution in [1.29, 1.82) is 0 Å². The summed E-state index contributed by atoms with van der Waals surface area (Å²) >= 11 is 2.98. The number of nitrogens with zero attached hydrogens (tertiary/aromatic N) is 3. The molecule has 0 bridgehead atoms. The summed E-state index contributed by atoms with van der Waals surface area (Å²) in [6.07, 6.45) is 1.71. The number of rotatable bonds is 2. The van der Waals surface area contributed by atoms with Crippen LogP contribution in [-0.4, -0.2) is 15.1 Å². The Kier molecular flexibility index (Phi) is 2.41. The predicted molar refractivity (Wildman–Crippen MR) is 67.9 cm³/mol. The Morgan fingerprint density at radius 3 is 2.94 bits per heavy atom. The van der Waals surface area contributed by atoms with Gasteiger partial charge in [0.25, 0.3) is 5.89 Å². The molecule has 5 nitrogen and oxygen atoms in total. The molecular weight excluding hydrogens is 256 g/mol. The number of anilines is 1. The summed E-state index contributed by atoms with van der Waals surface area (Å²) in [5, 5.41) is 4.62. The number of thiazole rings is 1. The highest BCUT2D eigenvalue weighted by molar-refractivity contribution is 7.16. The van der Waals surface area contributed by atoms with E-state index in [4.69, 9.17) is 10.3 Å². The zero-order chi connectivity index (χ0) is 11.8. The fourth-order valence-corrected chi connectivity index (χ4v) is 2.78. The van der Waals surface area contributed by atoms with E-state index in [1.165, 1.54) is 22.7 Å². The third-order valence-corrected chi connectivity index (χ3v) is 3.84. The van der Waals surface area contributed by atoms with Crippen molar-refractivity contribution < 1.29 is 4.52 Å². The lowest BCUT2D eigenvalue weighted by molar-refractivity contribution is 0.432. The average Bonchev–Trinajstić information content (AvgIpc) is 2.97. The Hall–Kier alpha value is -1.73. The van der Waals surface area contributed by atoms with Crippen molar-refractivity contribution in [1.82, 2.24) is 15.1 Å². The molecule has 7 heteroatoms. The van der Waals surface area contributed by atoms with Gasteiger partial charge in [-0.1, -0.05) is 5.16 Å². The molecule has 0 unspecified atom stereocenters. The number of aryl methyl sites for hydroxylation is 1. The molecular formula is C10H8N4OS2. The van der Waals surface area contributed by atoms with Gasteiger partial charge in [0.1, 0.15) is 0 Å². The third-order valence-electron chi connectivity index (χ3n) is 2.19. The Labute approximate surface area is 105 Å². The second kappa shape index (κ2) is 3.94. The van der Waals surface area contributed by atoms with Gasteiger partial charge in [0.2, 0.25) is 5.82 Å². The summed E-state index contributed by atoms with van der Waals surface area (Å²) in [6.45, 7) is 1.99. The second-order valence-electron chi connectivity index (χ2n) is 3.42. The van der Waals surface area contributed by atoms with Gasteiger partial charge in [-0.2, -0.15) is 4.98 Å². The molecule has 3 aromatic rings. The Balaban J connectivity index is 2.03. The predicted octanol–water partition coefficient (Wildman–Crippen LogP) is 2.81. The van der Waals surface area contributed by atoms with Gasteiger partial charge in [0.05, 0.1) is 21.0 Å². The highest BCUT2D eigenvalue weighted by atomic mass is 32.1. The molecule has 0 radical (unpaired) electrons. The fraction of sp³-hybridized carbons (Fsp3) is 0.100. The van der Waals surface area contributed by atoms with E-state index in [2.05, 4.69) is 15.1 Å². The van der Waals surface area contributed by atoms with Crippen molar-refractivity contribution in [3.8, 4) is 22.2 Å². The minimum atomic E-state index is 0.454. The zero-order valence-electron chi connectivity index (χ0n) is 8.88. The quantitative estimate of drug-likeness (QED) is 0.770. The molecule has 0 spiro atoms. The summed E-state index contributed by atoms with van der Waals surface area (Å²) in [4.78, 5) is 10.3. The molecule has 0 aliphatic carbocycles. The molecule has 0 saturated carbocycles. The first-order valence-electron chi connectivity index (χ1n) is 4.83. The van der Waals surface area contributed by atoms with Crippen LogP contribution in [0.25, 0.3) is 22.2 Å². The second-order valence-corrected chi connectivity index (χ2v) is 5.60. The van der Waals surface area contributed by atoms with Gasteiger partial charge in [-0.15, -0.1) is 22.7 Å². The number of thiophene rings is 1. The number of aromatic nitrogens is 3. The molecule has 0 fully saturated rings. The standard InChI is InChI=1S/C10H8N4OS2/c1-5-2-6(8(11)17-5)10-13-9(14-15-10)7-3-12-4-16-7/h2-4H,11H2,1H3. The van der Waals surface area contributed by atoms with Gasteiger partial charge in [-0.3, -0.25) is 4.98 Å². The van der Waals surface area contributed by atoms with Crippen molar-refractivity contribution in [2.75, 3.05) is 5.73 Å². The molecule has 3 aromatic heterocycles. The van der Waals surface area contributed by atoms with Crippen LogP contribution in [0.1, 0.15) is 4.88 Å². The maximum atomic E-state index is 5.88. The van der Waals surface area contributed by atoms with Crippen LogP contribution in [0.2, 0.25) is 0 Å². The van der Waals surface area contributed by atoms with E-state index in [0.717, 1.165) is 15.3 Å². The minimum Gasteiger partial charge on any atom is -0.390 e. The average molecular weight is 264 g/mol. The van der Waals surface area contributed by atoms with Crippen molar-refractivity contribution in [3.05, 3.63) is 22.7 Å². The zero-order valence-corrected chi connectivity index (χ0v) is 10.5. The lowest BCUT2D eigenvalue weighted by Crippen LogP contribution is -1.83. The monoisotopic (exact) mass is 264 g/mol. The topological polar surface area (TPSA) is 77.8 Å². The highest BCUT2D eigenvalue weighted by Gasteiger charge is 2.15.